The summed E-state index contributed by atoms with van der Waals surface area (Å²) in [5, 5.41) is 6.43. The third-order valence-corrected chi connectivity index (χ3v) is 6.94. The molecule has 2 aromatic carbocycles. The van der Waals surface area contributed by atoms with Crippen LogP contribution in [-0.4, -0.2) is 35.3 Å². The van der Waals surface area contributed by atoms with E-state index in [4.69, 9.17) is 5.73 Å². The minimum absolute atomic E-state index is 0.0731. The number of nitrogens with two attached hydrogens (primary N) is 1. The van der Waals surface area contributed by atoms with Crippen LogP contribution in [0.15, 0.2) is 42.6 Å². The molecule has 1 fully saturated rings. The summed E-state index contributed by atoms with van der Waals surface area (Å²) in [5.74, 6) is -0.829. The normalized spacial score (nSPS) is 19.7. The number of hydrogen-bond donors (Lipinski definition) is 3. The number of likely N-dealkylation sites (N-methyl/N-ethyl adjacent to an activating group) is 1. The monoisotopic (exact) mass is 498 g/mol. The number of carbonyl (C=O) groups excluding carboxylic acids is 1. The Labute approximate surface area is 207 Å². The second-order valence-corrected chi connectivity index (χ2v) is 9.37. The molecule has 3 aromatic rings. The van der Waals surface area contributed by atoms with Gasteiger partial charge in [-0.05, 0) is 57.2 Å². The first-order valence-electron chi connectivity index (χ1n) is 12.0. The van der Waals surface area contributed by atoms with Crippen molar-refractivity contribution in [1.82, 2.24) is 14.8 Å². The number of urea groups is 1. The van der Waals surface area contributed by atoms with Gasteiger partial charge in [-0.2, -0.15) is 0 Å². The standard InChI is InChI=1S/C26H29F3N6O/c1-4-33-22(18-9-15(27)5-8-20(18)28)12-35(26(33)36)16-6-7-17(21(29)10-16)19-11-34(14(2)3)25-23(19)24(30)31-13-32-25/h5-11,14,22,24,31-32H,4,12-13,30H2,1-3H3. The maximum absolute atomic E-state index is 15.6. The molecule has 2 aliphatic heterocycles. The number of amides is 2. The molecule has 0 bridgehead atoms. The average Bonchev–Trinajstić information content (AvgIpc) is 3.39. The molecule has 2 amide bonds. The molecule has 0 radical (unpaired) electrons. The Balaban J connectivity index is 1.51. The Morgan fingerprint density at radius 2 is 1.86 bits per heavy atom. The Bertz CT molecular complexity index is 1320. The number of rotatable bonds is 5. The van der Waals surface area contributed by atoms with Crippen LogP contribution < -0.4 is 21.3 Å². The van der Waals surface area contributed by atoms with Crippen molar-refractivity contribution in [3.8, 4) is 11.1 Å². The van der Waals surface area contributed by atoms with Gasteiger partial charge in [-0.25, -0.2) is 18.0 Å². The van der Waals surface area contributed by atoms with Crippen LogP contribution in [0.5, 0.6) is 0 Å². The Morgan fingerprint density at radius 3 is 2.56 bits per heavy atom. The van der Waals surface area contributed by atoms with E-state index in [1.165, 1.54) is 15.9 Å². The fourth-order valence-corrected chi connectivity index (χ4v) is 5.15. The SMILES string of the molecule is CCN1C(=O)N(c2ccc(-c3cn(C(C)C)c4c3C(N)NCN4)c(F)c2)CC1c1cc(F)ccc1F. The highest BCUT2D eigenvalue weighted by Gasteiger charge is 2.39. The molecule has 0 aliphatic carbocycles. The van der Waals surface area contributed by atoms with Crippen molar-refractivity contribution in [2.75, 3.05) is 30.0 Å². The highest BCUT2D eigenvalue weighted by atomic mass is 19.1. The van der Waals surface area contributed by atoms with Gasteiger partial charge in [0.1, 0.15) is 23.3 Å². The lowest BCUT2D eigenvalue weighted by atomic mass is 10.0. The van der Waals surface area contributed by atoms with Gasteiger partial charge in [-0.1, -0.05) is 0 Å². The summed E-state index contributed by atoms with van der Waals surface area (Å²) >= 11 is 0. The van der Waals surface area contributed by atoms with Crippen LogP contribution in [0.4, 0.5) is 29.5 Å². The predicted octanol–water partition coefficient (Wildman–Crippen LogP) is 5.09. The summed E-state index contributed by atoms with van der Waals surface area (Å²) in [6.45, 7) is 6.71. The summed E-state index contributed by atoms with van der Waals surface area (Å²) in [5.41, 5.74) is 8.56. The first-order chi connectivity index (χ1) is 17.2. The third kappa shape index (κ3) is 3.90. The van der Waals surface area contributed by atoms with Gasteiger partial charge in [0, 0.05) is 46.7 Å². The zero-order chi connectivity index (χ0) is 25.7. The molecule has 1 aromatic heterocycles. The van der Waals surface area contributed by atoms with E-state index in [0.717, 1.165) is 29.6 Å². The Morgan fingerprint density at radius 1 is 1.08 bits per heavy atom. The number of benzene rings is 2. The quantitative estimate of drug-likeness (QED) is 0.458. The van der Waals surface area contributed by atoms with E-state index < -0.39 is 35.7 Å². The number of hydrogen-bond acceptors (Lipinski definition) is 4. The third-order valence-electron chi connectivity index (χ3n) is 6.94. The van der Waals surface area contributed by atoms with Crippen LogP contribution >= 0.6 is 0 Å². The maximum Gasteiger partial charge on any atom is 0.325 e. The summed E-state index contributed by atoms with van der Waals surface area (Å²) in [4.78, 5) is 16.0. The van der Waals surface area contributed by atoms with Gasteiger partial charge in [0.25, 0.3) is 0 Å². The first kappa shape index (κ1) is 24.2. The van der Waals surface area contributed by atoms with Crippen LogP contribution in [0.25, 0.3) is 11.1 Å². The summed E-state index contributed by atoms with van der Waals surface area (Å²) in [7, 11) is 0. The van der Waals surface area contributed by atoms with Crippen LogP contribution in [-0.2, 0) is 0 Å². The van der Waals surface area contributed by atoms with Crippen LogP contribution in [0.3, 0.4) is 0 Å². The van der Waals surface area contributed by atoms with E-state index in [2.05, 4.69) is 10.6 Å². The van der Waals surface area contributed by atoms with Crippen molar-refractivity contribution >= 4 is 17.5 Å². The summed E-state index contributed by atoms with van der Waals surface area (Å²) < 4.78 is 46.0. The highest BCUT2D eigenvalue weighted by Crippen LogP contribution is 2.41. The second-order valence-electron chi connectivity index (χ2n) is 9.37. The van der Waals surface area contributed by atoms with E-state index >= 15 is 4.39 Å². The first-order valence-corrected chi connectivity index (χ1v) is 12.0. The van der Waals surface area contributed by atoms with Gasteiger partial charge in [-0.3, -0.25) is 10.2 Å². The van der Waals surface area contributed by atoms with E-state index in [1.807, 2.05) is 24.6 Å². The molecule has 3 heterocycles. The van der Waals surface area contributed by atoms with Gasteiger partial charge in [0.05, 0.1) is 25.4 Å². The number of anilines is 2. The molecule has 0 spiro atoms. The number of fused-ring (bicyclic) bond motifs is 1. The molecular formula is C26H29F3N6O. The molecule has 4 N–H and O–H groups in total. The molecule has 7 nitrogen and oxygen atoms in total. The number of carbonyl (C=O) groups is 1. The second kappa shape index (κ2) is 9.18. The van der Waals surface area contributed by atoms with E-state index in [0.29, 0.717) is 30.0 Å². The predicted molar refractivity (Wildman–Crippen MR) is 133 cm³/mol. The van der Waals surface area contributed by atoms with Crippen LogP contribution in [0, 0.1) is 17.5 Å². The molecule has 2 unspecified atom stereocenters. The topological polar surface area (TPSA) is 78.6 Å². The zero-order valence-electron chi connectivity index (χ0n) is 20.4. The van der Waals surface area contributed by atoms with Gasteiger partial charge in [-0.15, -0.1) is 0 Å². The number of nitrogens with zero attached hydrogens (tertiary/aromatic N) is 3. The molecule has 36 heavy (non-hydrogen) atoms. The van der Waals surface area contributed by atoms with Crippen molar-refractivity contribution in [2.24, 2.45) is 5.73 Å². The van der Waals surface area contributed by atoms with Crippen LogP contribution in [0.1, 0.15) is 50.1 Å². The number of halogens is 3. The smallest absolute Gasteiger partial charge is 0.325 e. The fourth-order valence-electron chi connectivity index (χ4n) is 5.15. The van der Waals surface area contributed by atoms with Gasteiger partial charge in [0.2, 0.25) is 0 Å². The molecule has 2 atom stereocenters. The van der Waals surface area contributed by atoms with Crippen molar-refractivity contribution in [3.05, 3.63) is 71.2 Å². The Kier molecular flexibility index (Phi) is 6.17. The zero-order valence-corrected chi connectivity index (χ0v) is 20.4. The summed E-state index contributed by atoms with van der Waals surface area (Å²) in [6, 6.07) is 6.86. The maximum atomic E-state index is 15.6. The van der Waals surface area contributed by atoms with Crippen molar-refractivity contribution in [1.29, 1.82) is 0 Å². The lowest BCUT2D eigenvalue weighted by Crippen LogP contribution is -2.38. The van der Waals surface area contributed by atoms with Crippen molar-refractivity contribution < 1.29 is 18.0 Å². The molecule has 0 saturated carbocycles. The highest BCUT2D eigenvalue weighted by molar-refractivity contribution is 5.95. The molecule has 2 aliphatic rings. The van der Waals surface area contributed by atoms with Crippen LogP contribution in [0.2, 0.25) is 0 Å². The van der Waals surface area contributed by atoms with Gasteiger partial charge < -0.3 is 20.5 Å². The molecule has 190 valence electrons. The average molecular weight is 499 g/mol. The summed E-state index contributed by atoms with van der Waals surface area (Å²) in [6.07, 6.45) is 1.42. The van der Waals surface area contributed by atoms with Crippen molar-refractivity contribution in [2.45, 2.75) is 39.0 Å². The van der Waals surface area contributed by atoms with E-state index in [1.54, 1.807) is 19.1 Å². The lowest BCUT2D eigenvalue weighted by molar-refractivity contribution is 0.208. The minimum Gasteiger partial charge on any atom is -0.359 e. The minimum atomic E-state index is -0.692. The fraction of sp³-hybridized carbons (Fsp3) is 0.346. The molecule has 10 heteroatoms. The Hall–Kier alpha value is -3.50. The molecule has 5 rings (SSSR count). The molecule has 1 saturated heterocycles. The van der Waals surface area contributed by atoms with E-state index in [9.17, 15) is 13.6 Å². The van der Waals surface area contributed by atoms with Crippen molar-refractivity contribution in [3.63, 3.8) is 0 Å². The van der Waals surface area contributed by atoms with E-state index in [-0.39, 0.29) is 18.2 Å². The lowest BCUT2D eigenvalue weighted by Gasteiger charge is -2.26. The number of aromatic nitrogens is 1. The molecular weight excluding hydrogens is 469 g/mol. The van der Waals surface area contributed by atoms with Gasteiger partial charge >= 0.3 is 6.03 Å². The number of nitrogens with one attached hydrogen (secondary N) is 2. The largest absolute Gasteiger partial charge is 0.359 e. The van der Waals surface area contributed by atoms with Gasteiger partial charge in [0.15, 0.2) is 0 Å².